The molecule has 0 aliphatic carbocycles. The highest BCUT2D eigenvalue weighted by Gasteiger charge is 2.18. The Morgan fingerprint density at radius 3 is 2.71 bits per heavy atom. The first-order chi connectivity index (χ1) is 10.1. The molecule has 0 spiro atoms. The third kappa shape index (κ3) is 4.05. The van der Waals surface area contributed by atoms with Crippen molar-refractivity contribution in [1.29, 1.82) is 0 Å². The van der Waals surface area contributed by atoms with Crippen LogP contribution in [0.15, 0.2) is 30.6 Å². The largest absolute Gasteiger partial charge is 0.310 e. The molecule has 2 rings (SSSR count). The molecule has 21 heavy (non-hydrogen) atoms. The minimum Gasteiger partial charge on any atom is -0.310 e. The van der Waals surface area contributed by atoms with Crippen molar-refractivity contribution in [2.24, 2.45) is 0 Å². The van der Waals surface area contributed by atoms with E-state index < -0.39 is 0 Å². The molecule has 1 aromatic carbocycles. The maximum atomic E-state index is 6.36. The first-order valence-corrected chi connectivity index (χ1v) is 7.87. The van der Waals surface area contributed by atoms with Crippen LogP contribution in [-0.4, -0.2) is 21.3 Å². The van der Waals surface area contributed by atoms with Crippen molar-refractivity contribution < 1.29 is 0 Å². The lowest BCUT2D eigenvalue weighted by Gasteiger charge is -2.20. The van der Waals surface area contributed by atoms with Gasteiger partial charge in [0.25, 0.3) is 0 Å². The normalized spacial score (nSPS) is 12.8. The molecule has 0 saturated carbocycles. The molecule has 1 N–H and O–H groups in total. The summed E-state index contributed by atoms with van der Waals surface area (Å²) in [6, 6.07) is 8.45. The zero-order valence-corrected chi connectivity index (χ0v) is 13.6. The summed E-state index contributed by atoms with van der Waals surface area (Å²) in [5, 5.41) is 8.67. The van der Waals surface area contributed by atoms with Crippen LogP contribution in [0, 0.1) is 0 Å². The molecule has 5 heteroatoms. The molecule has 0 amide bonds. The van der Waals surface area contributed by atoms with Gasteiger partial charge >= 0.3 is 0 Å². The van der Waals surface area contributed by atoms with E-state index in [9.17, 15) is 0 Å². The molecule has 0 aliphatic rings. The lowest BCUT2D eigenvalue weighted by atomic mass is 10.0. The number of hydrogen-bond donors (Lipinski definition) is 1. The fraction of sp³-hybridized carbons (Fsp3) is 0.500. The van der Waals surface area contributed by atoms with E-state index in [1.165, 1.54) is 0 Å². The molecule has 0 saturated heterocycles. The van der Waals surface area contributed by atoms with Crippen molar-refractivity contribution in [3.8, 4) is 0 Å². The van der Waals surface area contributed by atoms with Crippen molar-refractivity contribution >= 4 is 11.6 Å². The predicted octanol–water partition coefficient (Wildman–Crippen LogP) is 3.80. The van der Waals surface area contributed by atoms with Gasteiger partial charge in [0, 0.05) is 23.5 Å². The summed E-state index contributed by atoms with van der Waals surface area (Å²) in [7, 11) is 0. The number of aromatic nitrogens is 3. The Balaban J connectivity index is 2.24. The first-order valence-electron chi connectivity index (χ1n) is 7.49. The summed E-state index contributed by atoms with van der Waals surface area (Å²) in [6.45, 7) is 7.34. The summed E-state index contributed by atoms with van der Waals surface area (Å²) in [5.41, 5.74) is 1.12. The maximum absolute atomic E-state index is 6.36. The number of rotatable bonds is 7. The molecule has 1 aromatic heterocycles. The predicted molar refractivity (Wildman–Crippen MR) is 86.6 cm³/mol. The molecule has 2 aromatic rings. The molecule has 1 heterocycles. The summed E-state index contributed by atoms with van der Waals surface area (Å²) in [6.07, 6.45) is 3.48. The number of benzene rings is 1. The van der Waals surface area contributed by atoms with Gasteiger partial charge in [0.15, 0.2) is 0 Å². The van der Waals surface area contributed by atoms with Gasteiger partial charge in [-0.05, 0) is 38.4 Å². The molecule has 0 radical (unpaired) electrons. The van der Waals surface area contributed by atoms with Crippen LogP contribution >= 0.6 is 11.6 Å². The lowest BCUT2D eigenvalue weighted by molar-refractivity contribution is 0.463. The van der Waals surface area contributed by atoms with Crippen LogP contribution in [0.3, 0.4) is 0 Å². The number of hydrogen-bond acceptors (Lipinski definition) is 3. The Labute approximate surface area is 131 Å². The Bertz CT molecular complexity index is 565. The molecule has 4 nitrogen and oxygen atoms in total. The highest BCUT2D eigenvalue weighted by Crippen LogP contribution is 2.25. The summed E-state index contributed by atoms with van der Waals surface area (Å²) in [5.74, 6) is 0.985. The van der Waals surface area contributed by atoms with E-state index >= 15 is 0 Å². The van der Waals surface area contributed by atoms with E-state index in [2.05, 4.69) is 42.2 Å². The Morgan fingerprint density at radius 2 is 2.05 bits per heavy atom. The van der Waals surface area contributed by atoms with E-state index in [1.807, 2.05) is 22.9 Å². The third-order valence-corrected chi connectivity index (χ3v) is 3.79. The molecule has 1 atom stereocenters. The summed E-state index contributed by atoms with van der Waals surface area (Å²) in [4.78, 5) is 4.41. The first kappa shape index (κ1) is 16.0. The zero-order valence-electron chi connectivity index (χ0n) is 12.9. The van der Waals surface area contributed by atoms with Crippen molar-refractivity contribution in [2.75, 3.05) is 6.54 Å². The monoisotopic (exact) mass is 306 g/mol. The van der Waals surface area contributed by atoms with E-state index in [0.29, 0.717) is 6.04 Å². The summed E-state index contributed by atoms with van der Waals surface area (Å²) >= 11 is 6.36. The molecular weight excluding hydrogens is 284 g/mol. The number of halogens is 1. The van der Waals surface area contributed by atoms with Crippen LogP contribution in [0.25, 0.3) is 0 Å². The Morgan fingerprint density at radius 1 is 1.29 bits per heavy atom. The highest BCUT2D eigenvalue weighted by atomic mass is 35.5. The van der Waals surface area contributed by atoms with E-state index in [1.54, 1.807) is 6.33 Å². The van der Waals surface area contributed by atoms with E-state index in [0.717, 1.165) is 35.8 Å². The minimum absolute atomic E-state index is 0.153. The van der Waals surface area contributed by atoms with Crippen molar-refractivity contribution in [3.05, 3.63) is 47.0 Å². The molecule has 0 bridgehead atoms. The van der Waals surface area contributed by atoms with Gasteiger partial charge in [-0.1, -0.05) is 36.7 Å². The second kappa shape index (κ2) is 7.57. The second-order valence-electron chi connectivity index (χ2n) is 5.45. The van der Waals surface area contributed by atoms with Crippen molar-refractivity contribution in [3.63, 3.8) is 0 Å². The Hall–Kier alpha value is -1.39. The van der Waals surface area contributed by atoms with Gasteiger partial charge < -0.3 is 5.32 Å². The van der Waals surface area contributed by atoms with Gasteiger partial charge in [-0.3, -0.25) is 0 Å². The second-order valence-corrected chi connectivity index (χ2v) is 5.85. The van der Waals surface area contributed by atoms with Crippen LogP contribution in [0.2, 0.25) is 5.02 Å². The number of nitrogens with zero attached hydrogens (tertiary/aromatic N) is 3. The summed E-state index contributed by atoms with van der Waals surface area (Å²) < 4.78 is 1.97. The van der Waals surface area contributed by atoms with Crippen molar-refractivity contribution in [2.45, 2.75) is 45.7 Å². The van der Waals surface area contributed by atoms with Gasteiger partial charge in [-0.2, -0.15) is 5.10 Å². The van der Waals surface area contributed by atoms with Gasteiger partial charge in [-0.15, -0.1) is 0 Å². The molecular formula is C16H23ClN4. The molecule has 114 valence electrons. The van der Waals surface area contributed by atoms with Gasteiger partial charge in [0.05, 0.1) is 0 Å². The number of nitrogens with one attached hydrogen (secondary N) is 1. The Kier molecular flexibility index (Phi) is 5.76. The van der Waals surface area contributed by atoms with Gasteiger partial charge in [0.1, 0.15) is 12.2 Å². The van der Waals surface area contributed by atoms with Crippen LogP contribution in [-0.2, 0) is 6.42 Å². The molecule has 0 aliphatic heterocycles. The highest BCUT2D eigenvalue weighted by molar-refractivity contribution is 6.31. The third-order valence-electron chi connectivity index (χ3n) is 3.44. The lowest BCUT2D eigenvalue weighted by Crippen LogP contribution is -2.26. The van der Waals surface area contributed by atoms with Gasteiger partial charge in [-0.25, -0.2) is 9.67 Å². The smallest absolute Gasteiger partial charge is 0.138 e. The van der Waals surface area contributed by atoms with E-state index in [-0.39, 0.29) is 6.04 Å². The zero-order chi connectivity index (χ0) is 15.2. The quantitative estimate of drug-likeness (QED) is 0.846. The average molecular weight is 307 g/mol. The van der Waals surface area contributed by atoms with Gasteiger partial charge in [0.2, 0.25) is 0 Å². The molecule has 1 unspecified atom stereocenters. The SMILES string of the molecule is CCCNC(Cc1ncnn1C(C)C)c1ccccc1Cl. The van der Waals surface area contributed by atoms with Crippen LogP contribution in [0.5, 0.6) is 0 Å². The average Bonchev–Trinajstić information content (AvgIpc) is 2.92. The minimum atomic E-state index is 0.153. The van der Waals surface area contributed by atoms with Crippen LogP contribution in [0.1, 0.15) is 50.7 Å². The molecule has 0 fully saturated rings. The fourth-order valence-corrected chi connectivity index (χ4v) is 2.67. The van der Waals surface area contributed by atoms with Crippen molar-refractivity contribution in [1.82, 2.24) is 20.1 Å². The van der Waals surface area contributed by atoms with Crippen LogP contribution in [0.4, 0.5) is 0 Å². The van der Waals surface area contributed by atoms with Crippen LogP contribution < -0.4 is 5.32 Å². The topological polar surface area (TPSA) is 42.7 Å². The van der Waals surface area contributed by atoms with E-state index in [4.69, 9.17) is 11.6 Å². The fourth-order valence-electron chi connectivity index (χ4n) is 2.40. The maximum Gasteiger partial charge on any atom is 0.138 e. The standard InChI is InChI=1S/C16H23ClN4/c1-4-9-18-15(13-7-5-6-8-14(13)17)10-16-19-11-20-21(16)12(2)3/h5-8,11-12,15,18H,4,9-10H2,1-3H3.